The smallest absolute Gasteiger partial charge is 0.222 e. The Morgan fingerprint density at radius 3 is 2.41 bits per heavy atom. The summed E-state index contributed by atoms with van der Waals surface area (Å²) in [6.07, 6.45) is 0. The highest BCUT2D eigenvalue weighted by molar-refractivity contribution is 5.30. The van der Waals surface area contributed by atoms with Crippen LogP contribution in [0.4, 0.5) is 0 Å². The van der Waals surface area contributed by atoms with E-state index in [1.54, 1.807) is 18.2 Å². The molecule has 4 nitrogen and oxygen atoms in total. The van der Waals surface area contributed by atoms with Gasteiger partial charge in [0.25, 0.3) is 0 Å². The van der Waals surface area contributed by atoms with E-state index in [1.807, 2.05) is 26.0 Å². The first kappa shape index (κ1) is 11.5. The number of hydrogen-bond donors (Lipinski definition) is 1. The van der Waals surface area contributed by atoms with Crippen molar-refractivity contribution in [3.05, 3.63) is 47.4 Å². The Morgan fingerprint density at radius 2 is 1.82 bits per heavy atom. The second-order valence-electron chi connectivity index (χ2n) is 3.80. The molecule has 0 atom stereocenters. The summed E-state index contributed by atoms with van der Waals surface area (Å²) in [7, 11) is 0. The Kier molecular flexibility index (Phi) is 3.35. The standard InChI is InChI=1S/C13H14N2O2/c1-9-7-13(15-10(2)14-9)17-12-5-3-11(8-16)4-6-12/h3-7,16H,8H2,1-2H3. The largest absolute Gasteiger partial charge is 0.439 e. The number of aromatic nitrogens is 2. The molecule has 0 spiro atoms. The zero-order valence-electron chi connectivity index (χ0n) is 9.84. The van der Waals surface area contributed by atoms with Crippen LogP contribution >= 0.6 is 0 Å². The SMILES string of the molecule is Cc1cc(Oc2ccc(CO)cc2)nc(C)n1. The molecule has 0 fully saturated rings. The molecule has 1 aromatic heterocycles. The van der Waals surface area contributed by atoms with Crippen LogP contribution in [0, 0.1) is 13.8 Å². The van der Waals surface area contributed by atoms with Gasteiger partial charge in [-0.15, -0.1) is 0 Å². The number of ether oxygens (including phenoxy) is 1. The second-order valence-corrected chi connectivity index (χ2v) is 3.80. The molecule has 0 saturated carbocycles. The summed E-state index contributed by atoms with van der Waals surface area (Å²) in [4.78, 5) is 8.37. The van der Waals surface area contributed by atoms with Gasteiger partial charge in [-0.2, -0.15) is 4.98 Å². The molecule has 4 heteroatoms. The Balaban J connectivity index is 2.19. The van der Waals surface area contributed by atoms with Gasteiger partial charge in [-0.25, -0.2) is 4.98 Å². The first-order valence-electron chi connectivity index (χ1n) is 5.37. The molecule has 0 unspecified atom stereocenters. The van der Waals surface area contributed by atoms with E-state index >= 15 is 0 Å². The molecular formula is C13H14N2O2. The quantitative estimate of drug-likeness (QED) is 0.879. The molecule has 2 aromatic rings. The highest BCUT2D eigenvalue weighted by Crippen LogP contribution is 2.20. The van der Waals surface area contributed by atoms with E-state index in [2.05, 4.69) is 9.97 Å². The molecule has 17 heavy (non-hydrogen) atoms. The molecule has 1 heterocycles. The predicted molar refractivity (Wildman–Crippen MR) is 63.9 cm³/mol. The summed E-state index contributed by atoms with van der Waals surface area (Å²) in [5.74, 6) is 1.92. The van der Waals surface area contributed by atoms with Crippen molar-refractivity contribution in [1.29, 1.82) is 0 Å². The van der Waals surface area contributed by atoms with E-state index in [-0.39, 0.29) is 6.61 Å². The van der Waals surface area contributed by atoms with Crippen molar-refractivity contribution in [3.63, 3.8) is 0 Å². The van der Waals surface area contributed by atoms with Crippen molar-refractivity contribution >= 4 is 0 Å². The summed E-state index contributed by atoms with van der Waals surface area (Å²) in [5.41, 5.74) is 1.73. The lowest BCUT2D eigenvalue weighted by Gasteiger charge is -2.06. The number of benzene rings is 1. The molecular weight excluding hydrogens is 216 g/mol. The van der Waals surface area contributed by atoms with Crippen LogP contribution in [0.1, 0.15) is 17.1 Å². The fraction of sp³-hybridized carbons (Fsp3) is 0.231. The third-order valence-electron chi connectivity index (χ3n) is 2.27. The van der Waals surface area contributed by atoms with Gasteiger partial charge in [0.1, 0.15) is 11.6 Å². The lowest BCUT2D eigenvalue weighted by Crippen LogP contribution is -1.95. The summed E-state index contributed by atoms with van der Waals surface area (Å²) in [6.45, 7) is 3.76. The van der Waals surface area contributed by atoms with Gasteiger partial charge in [0.05, 0.1) is 6.61 Å². The van der Waals surface area contributed by atoms with Crippen molar-refractivity contribution in [1.82, 2.24) is 9.97 Å². The number of hydrogen-bond acceptors (Lipinski definition) is 4. The fourth-order valence-corrected chi connectivity index (χ4v) is 1.52. The van der Waals surface area contributed by atoms with Gasteiger partial charge in [0, 0.05) is 11.8 Å². The molecule has 0 saturated heterocycles. The lowest BCUT2D eigenvalue weighted by molar-refractivity contribution is 0.281. The second kappa shape index (κ2) is 4.93. The van der Waals surface area contributed by atoms with Gasteiger partial charge in [-0.1, -0.05) is 12.1 Å². The molecule has 0 amide bonds. The Bertz CT molecular complexity index is 489. The Labute approximate surface area is 99.9 Å². The van der Waals surface area contributed by atoms with Crippen molar-refractivity contribution < 1.29 is 9.84 Å². The van der Waals surface area contributed by atoms with Gasteiger partial charge in [-0.3, -0.25) is 0 Å². The molecule has 0 aliphatic rings. The third kappa shape index (κ3) is 3.01. The van der Waals surface area contributed by atoms with E-state index in [4.69, 9.17) is 9.84 Å². The third-order valence-corrected chi connectivity index (χ3v) is 2.27. The zero-order valence-corrected chi connectivity index (χ0v) is 9.84. The molecule has 2 rings (SSSR count). The van der Waals surface area contributed by atoms with E-state index in [0.717, 1.165) is 11.3 Å². The molecule has 1 aromatic carbocycles. The summed E-state index contributed by atoms with van der Waals surface area (Å²) < 4.78 is 5.61. The van der Waals surface area contributed by atoms with Crippen LogP contribution in [0.2, 0.25) is 0 Å². The molecule has 0 radical (unpaired) electrons. The number of rotatable bonds is 3. The van der Waals surface area contributed by atoms with Gasteiger partial charge in [0.2, 0.25) is 5.88 Å². The van der Waals surface area contributed by atoms with Crippen LogP contribution in [0.25, 0.3) is 0 Å². The molecule has 0 aliphatic heterocycles. The lowest BCUT2D eigenvalue weighted by atomic mass is 10.2. The Morgan fingerprint density at radius 1 is 1.12 bits per heavy atom. The van der Waals surface area contributed by atoms with Crippen molar-refractivity contribution in [2.24, 2.45) is 0 Å². The van der Waals surface area contributed by atoms with Crippen LogP contribution < -0.4 is 4.74 Å². The van der Waals surface area contributed by atoms with E-state index in [1.165, 1.54) is 0 Å². The van der Waals surface area contributed by atoms with Crippen molar-refractivity contribution in [3.8, 4) is 11.6 Å². The van der Waals surface area contributed by atoms with Crippen LogP contribution in [-0.4, -0.2) is 15.1 Å². The minimum Gasteiger partial charge on any atom is -0.439 e. The van der Waals surface area contributed by atoms with Crippen LogP contribution in [0.15, 0.2) is 30.3 Å². The average Bonchev–Trinajstić information content (AvgIpc) is 2.28. The summed E-state index contributed by atoms with van der Waals surface area (Å²) in [5, 5.41) is 8.93. The van der Waals surface area contributed by atoms with Gasteiger partial charge < -0.3 is 9.84 Å². The normalized spacial score (nSPS) is 10.3. The van der Waals surface area contributed by atoms with E-state index in [0.29, 0.717) is 17.5 Å². The fourth-order valence-electron chi connectivity index (χ4n) is 1.52. The highest BCUT2D eigenvalue weighted by atomic mass is 16.5. The van der Waals surface area contributed by atoms with Gasteiger partial charge in [-0.05, 0) is 31.5 Å². The molecule has 88 valence electrons. The van der Waals surface area contributed by atoms with E-state index < -0.39 is 0 Å². The highest BCUT2D eigenvalue weighted by Gasteiger charge is 2.01. The summed E-state index contributed by atoms with van der Waals surface area (Å²) in [6, 6.07) is 9.02. The minimum absolute atomic E-state index is 0.0337. The average molecular weight is 230 g/mol. The maximum atomic E-state index is 8.93. The van der Waals surface area contributed by atoms with Gasteiger partial charge >= 0.3 is 0 Å². The number of aliphatic hydroxyl groups excluding tert-OH is 1. The minimum atomic E-state index is 0.0337. The van der Waals surface area contributed by atoms with Gasteiger partial charge in [0.15, 0.2) is 0 Å². The molecule has 1 N–H and O–H groups in total. The zero-order chi connectivity index (χ0) is 12.3. The maximum Gasteiger partial charge on any atom is 0.222 e. The number of aliphatic hydroxyl groups is 1. The van der Waals surface area contributed by atoms with Crippen LogP contribution in [0.5, 0.6) is 11.6 Å². The first-order valence-corrected chi connectivity index (χ1v) is 5.37. The molecule has 0 aliphatic carbocycles. The number of nitrogens with zero attached hydrogens (tertiary/aromatic N) is 2. The Hall–Kier alpha value is -1.94. The van der Waals surface area contributed by atoms with Crippen LogP contribution in [0.3, 0.4) is 0 Å². The maximum absolute atomic E-state index is 8.93. The van der Waals surface area contributed by atoms with E-state index in [9.17, 15) is 0 Å². The first-order chi connectivity index (χ1) is 8.17. The topological polar surface area (TPSA) is 55.2 Å². The number of aryl methyl sites for hydroxylation is 2. The monoisotopic (exact) mass is 230 g/mol. The molecule has 0 bridgehead atoms. The summed E-state index contributed by atoms with van der Waals surface area (Å²) >= 11 is 0. The van der Waals surface area contributed by atoms with Crippen molar-refractivity contribution in [2.45, 2.75) is 20.5 Å². The van der Waals surface area contributed by atoms with Crippen molar-refractivity contribution in [2.75, 3.05) is 0 Å². The predicted octanol–water partition coefficient (Wildman–Crippen LogP) is 2.38. The van der Waals surface area contributed by atoms with Crippen LogP contribution in [-0.2, 0) is 6.61 Å².